The SMILES string of the molecule is CCCc1cc(C(=O)OCC(=O)c2cc(C)n(CCCOC)c2C)n[nH]1. The molecule has 0 radical (unpaired) electrons. The number of ether oxygens (including phenoxy) is 2. The number of aromatic nitrogens is 3. The van der Waals surface area contributed by atoms with E-state index in [1.807, 2.05) is 26.8 Å². The van der Waals surface area contributed by atoms with Crippen molar-refractivity contribution in [2.75, 3.05) is 20.3 Å². The molecule has 1 N–H and O–H groups in total. The average Bonchev–Trinajstić information content (AvgIpc) is 3.19. The van der Waals surface area contributed by atoms with Gasteiger partial charge in [0.25, 0.3) is 0 Å². The van der Waals surface area contributed by atoms with Crippen LogP contribution in [0.3, 0.4) is 0 Å². The van der Waals surface area contributed by atoms with Gasteiger partial charge in [0, 0.05) is 42.9 Å². The van der Waals surface area contributed by atoms with Crippen LogP contribution in [0.5, 0.6) is 0 Å². The second-order valence-electron chi connectivity index (χ2n) is 6.31. The summed E-state index contributed by atoms with van der Waals surface area (Å²) in [6.45, 7) is 7.06. The van der Waals surface area contributed by atoms with E-state index in [9.17, 15) is 9.59 Å². The number of hydrogen-bond donors (Lipinski definition) is 1. The molecule has 0 aliphatic carbocycles. The lowest BCUT2D eigenvalue weighted by molar-refractivity contribution is 0.0468. The second kappa shape index (κ2) is 9.33. The fourth-order valence-corrected chi connectivity index (χ4v) is 2.94. The number of esters is 1. The smallest absolute Gasteiger partial charge is 0.359 e. The highest BCUT2D eigenvalue weighted by Gasteiger charge is 2.19. The number of nitrogens with zero attached hydrogens (tertiary/aromatic N) is 2. The molecule has 0 aliphatic rings. The Balaban J connectivity index is 1.96. The van der Waals surface area contributed by atoms with Gasteiger partial charge >= 0.3 is 5.97 Å². The number of nitrogens with one attached hydrogen (secondary N) is 1. The van der Waals surface area contributed by atoms with Gasteiger partial charge in [-0.1, -0.05) is 13.3 Å². The van der Waals surface area contributed by atoms with Crippen LogP contribution in [-0.2, 0) is 22.4 Å². The number of H-pyrrole nitrogens is 1. The van der Waals surface area contributed by atoms with Gasteiger partial charge in [-0.05, 0) is 38.8 Å². The predicted octanol–water partition coefficient (Wildman–Crippen LogP) is 2.86. The monoisotopic (exact) mass is 361 g/mol. The van der Waals surface area contributed by atoms with Crippen molar-refractivity contribution in [2.45, 2.75) is 46.6 Å². The molecule has 142 valence electrons. The molecule has 0 aliphatic heterocycles. The highest BCUT2D eigenvalue weighted by atomic mass is 16.5. The van der Waals surface area contributed by atoms with E-state index < -0.39 is 5.97 Å². The van der Waals surface area contributed by atoms with Crippen LogP contribution >= 0.6 is 0 Å². The Labute approximate surface area is 153 Å². The van der Waals surface area contributed by atoms with E-state index in [4.69, 9.17) is 9.47 Å². The third-order valence-electron chi connectivity index (χ3n) is 4.30. The minimum Gasteiger partial charge on any atom is -0.453 e. The maximum atomic E-state index is 12.5. The summed E-state index contributed by atoms with van der Waals surface area (Å²) in [5, 5.41) is 6.74. The van der Waals surface area contributed by atoms with E-state index in [1.54, 1.807) is 13.2 Å². The number of carbonyl (C=O) groups is 2. The van der Waals surface area contributed by atoms with Gasteiger partial charge in [-0.2, -0.15) is 5.10 Å². The summed E-state index contributed by atoms with van der Waals surface area (Å²) in [6, 6.07) is 3.50. The van der Waals surface area contributed by atoms with Crippen LogP contribution in [0.15, 0.2) is 12.1 Å². The molecule has 26 heavy (non-hydrogen) atoms. The molecule has 0 amide bonds. The first-order valence-electron chi connectivity index (χ1n) is 8.88. The minimum atomic E-state index is -0.592. The standard InChI is InChI=1S/C19H27N3O4/c1-5-7-15-11-17(21-20-15)19(24)26-12-18(23)16-10-13(2)22(14(16)3)8-6-9-25-4/h10-11H,5-9,12H2,1-4H3,(H,20,21). The minimum absolute atomic E-state index is 0.200. The van der Waals surface area contributed by atoms with E-state index in [2.05, 4.69) is 14.8 Å². The quantitative estimate of drug-likeness (QED) is 0.399. The van der Waals surface area contributed by atoms with Gasteiger partial charge in [0.15, 0.2) is 12.3 Å². The van der Waals surface area contributed by atoms with Crippen molar-refractivity contribution in [1.29, 1.82) is 0 Å². The van der Waals surface area contributed by atoms with Gasteiger partial charge in [-0.15, -0.1) is 0 Å². The molecule has 7 nitrogen and oxygen atoms in total. The first-order chi connectivity index (χ1) is 12.5. The number of methoxy groups -OCH3 is 1. The van der Waals surface area contributed by atoms with E-state index in [0.29, 0.717) is 12.2 Å². The van der Waals surface area contributed by atoms with Crippen LogP contribution in [-0.4, -0.2) is 46.8 Å². The molecule has 2 heterocycles. The van der Waals surface area contributed by atoms with Crippen molar-refractivity contribution in [3.63, 3.8) is 0 Å². The number of Topliss-reactive ketones (excluding diaryl/α,β-unsaturated/α-hetero) is 1. The van der Waals surface area contributed by atoms with Crippen LogP contribution < -0.4 is 0 Å². The summed E-state index contributed by atoms with van der Waals surface area (Å²) in [4.78, 5) is 24.5. The summed E-state index contributed by atoms with van der Waals surface area (Å²) >= 11 is 0. The zero-order chi connectivity index (χ0) is 19.1. The average molecular weight is 361 g/mol. The highest BCUT2D eigenvalue weighted by Crippen LogP contribution is 2.17. The van der Waals surface area contributed by atoms with Crippen molar-refractivity contribution < 1.29 is 19.1 Å². The fraction of sp³-hybridized carbons (Fsp3) is 0.526. The fourth-order valence-electron chi connectivity index (χ4n) is 2.94. The summed E-state index contributed by atoms with van der Waals surface area (Å²) in [5.74, 6) is -0.806. The number of carbonyl (C=O) groups excluding carboxylic acids is 2. The molecule has 2 aromatic rings. The van der Waals surface area contributed by atoms with Gasteiger partial charge < -0.3 is 14.0 Å². The Morgan fingerprint density at radius 1 is 1.27 bits per heavy atom. The number of aryl methyl sites for hydroxylation is 2. The van der Waals surface area contributed by atoms with Crippen LogP contribution in [0.2, 0.25) is 0 Å². The lowest BCUT2D eigenvalue weighted by Crippen LogP contribution is -2.15. The Morgan fingerprint density at radius 2 is 2.04 bits per heavy atom. The molecule has 0 fully saturated rings. The van der Waals surface area contributed by atoms with Crippen LogP contribution in [0.1, 0.15) is 57.7 Å². The van der Waals surface area contributed by atoms with Crippen molar-refractivity contribution in [2.24, 2.45) is 0 Å². The van der Waals surface area contributed by atoms with Gasteiger partial charge in [0.05, 0.1) is 0 Å². The van der Waals surface area contributed by atoms with Crippen LogP contribution in [0, 0.1) is 13.8 Å². The van der Waals surface area contributed by atoms with E-state index in [0.717, 1.165) is 42.9 Å². The van der Waals surface area contributed by atoms with E-state index >= 15 is 0 Å². The van der Waals surface area contributed by atoms with Crippen LogP contribution in [0.4, 0.5) is 0 Å². The summed E-state index contributed by atoms with van der Waals surface area (Å²) < 4.78 is 12.3. The first kappa shape index (κ1) is 19.9. The molecule has 0 saturated heterocycles. The molecule has 0 saturated carbocycles. The lowest BCUT2D eigenvalue weighted by Gasteiger charge is -2.09. The maximum Gasteiger partial charge on any atom is 0.359 e. The van der Waals surface area contributed by atoms with Crippen LogP contribution in [0.25, 0.3) is 0 Å². The molecule has 0 aromatic carbocycles. The lowest BCUT2D eigenvalue weighted by atomic mass is 10.1. The van der Waals surface area contributed by atoms with Crippen molar-refractivity contribution in [1.82, 2.24) is 14.8 Å². The second-order valence-corrected chi connectivity index (χ2v) is 6.31. The van der Waals surface area contributed by atoms with Crippen molar-refractivity contribution in [3.8, 4) is 0 Å². The number of hydrogen-bond acceptors (Lipinski definition) is 5. The van der Waals surface area contributed by atoms with Gasteiger partial charge in [-0.3, -0.25) is 9.89 Å². The molecule has 2 aromatic heterocycles. The summed E-state index contributed by atoms with van der Waals surface area (Å²) in [7, 11) is 1.67. The van der Waals surface area contributed by atoms with E-state index in [1.165, 1.54) is 0 Å². The third-order valence-corrected chi connectivity index (χ3v) is 4.30. The number of aromatic amines is 1. The zero-order valence-electron chi connectivity index (χ0n) is 15.9. The van der Waals surface area contributed by atoms with Crippen molar-refractivity contribution >= 4 is 11.8 Å². The molecule has 2 rings (SSSR count). The zero-order valence-corrected chi connectivity index (χ0v) is 15.9. The normalized spacial score (nSPS) is 10.9. The third kappa shape index (κ3) is 4.82. The van der Waals surface area contributed by atoms with Gasteiger partial charge in [0.2, 0.25) is 5.78 Å². The Hall–Kier alpha value is -2.41. The molecule has 0 spiro atoms. The topological polar surface area (TPSA) is 86.2 Å². The maximum absolute atomic E-state index is 12.5. The molecular formula is C19H27N3O4. The number of rotatable bonds is 10. The van der Waals surface area contributed by atoms with Gasteiger partial charge in [-0.25, -0.2) is 4.79 Å². The molecule has 0 atom stereocenters. The Morgan fingerprint density at radius 3 is 2.73 bits per heavy atom. The molecule has 0 bridgehead atoms. The Bertz CT molecular complexity index is 761. The highest BCUT2D eigenvalue weighted by molar-refractivity contribution is 6.00. The number of ketones is 1. The summed E-state index contributed by atoms with van der Waals surface area (Å²) in [5.41, 5.74) is 3.55. The summed E-state index contributed by atoms with van der Waals surface area (Å²) in [6.07, 6.45) is 2.64. The molecular weight excluding hydrogens is 334 g/mol. The Kier molecular flexibility index (Phi) is 7.15. The largest absolute Gasteiger partial charge is 0.453 e. The van der Waals surface area contributed by atoms with Crippen molar-refractivity contribution in [3.05, 3.63) is 40.5 Å². The van der Waals surface area contributed by atoms with Gasteiger partial charge in [0.1, 0.15) is 0 Å². The molecule has 7 heteroatoms. The van der Waals surface area contributed by atoms with E-state index in [-0.39, 0.29) is 18.1 Å². The molecule has 0 unspecified atom stereocenters. The predicted molar refractivity (Wildman–Crippen MR) is 97.6 cm³/mol. The first-order valence-corrected chi connectivity index (χ1v) is 8.88.